The predicted molar refractivity (Wildman–Crippen MR) is 76.5 cm³/mol. The third kappa shape index (κ3) is 2.82. The molecule has 1 amide bonds. The van der Waals surface area contributed by atoms with Gasteiger partial charge in [-0.3, -0.25) is 9.48 Å². The summed E-state index contributed by atoms with van der Waals surface area (Å²) in [5.41, 5.74) is 0.701. The molecular formula is C14H19N5O2. The first-order valence-electron chi connectivity index (χ1n) is 7.03. The molecule has 0 radical (unpaired) electrons. The number of imidazole rings is 1. The van der Waals surface area contributed by atoms with Crippen molar-refractivity contribution in [1.29, 1.82) is 0 Å². The monoisotopic (exact) mass is 289 g/mol. The molecule has 0 aromatic carbocycles. The summed E-state index contributed by atoms with van der Waals surface area (Å²) in [6.45, 7) is 0.661. The van der Waals surface area contributed by atoms with Gasteiger partial charge in [0, 0.05) is 39.3 Å². The Bertz CT molecular complexity index is 633. The summed E-state index contributed by atoms with van der Waals surface area (Å²) in [6.07, 6.45) is 8.38. The van der Waals surface area contributed by atoms with E-state index in [0.29, 0.717) is 12.3 Å². The zero-order chi connectivity index (χ0) is 14.8. The summed E-state index contributed by atoms with van der Waals surface area (Å²) in [4.78, 5) is 16.9. The molecule has 1 N–H and O–H groups in total. The third-order valence-electron chi connectivity index (χ3n) is 3.74. The van der Waals surface area contributed by atoms with Crippen LogP contribution in [-0.2, 0) is 23.6 Å². The molecule has 0 bridgehead atoms. The van der Waals surface area contributed by atoms with Crippen molar-refractivity contribution < 1.29 is 9.53 Å². The van der Waals surface area contributed by atoms with Gasteiger partial charge in [-0.15, -0.1) is 0 Å². The van der Waals surface area contributed by atoms with Gasteiger partial charge in [-0.1, -0.05) is 0 Å². The summed E-state index contributed by atoms with van der Waals surface area (Å²) < 4.78 is 9.37. The first kappa shape index (κ1) is 13.8. The molecule has 0 spiro atoms. The number of aryl methyl sites for hydroxylation is 2. The zero-order valence-corrected chi connectivity index (χ0v) is 12.2. The minimum atomic E-state index is -0.296. The highest BCUT2D eigenvalue weighted by molar-refractivity contribution is 5.92. The van der Waals surface area contributed by atoms with E-state index in [4.69, 9.17) is 4.74 Å². The Balaban J connectivity index is 1.77. The summed E-state index contributed by atoms with van der Waals surface area (Å²) >= 11 is 0. The third-order valence-corrected chi connectivity index (χ3v) is 3.74. The highest BCUT2D eigenvalue weighted by atomic mass is 16.5. The van der Waals surface area contributed by atoms with E-state index in [1.807, 2.05) is 24.9 Å². The molecule has 1 aliphatic heterocycles. The Morgan fingerprint density at radius 2 is 2.33 bits per heavy atom. The van der Waals surface area contributed by atoms with Gasteiger partial charge in [-0.25, -0.2) is 4.98 Å². The van der Waals surface area contributed by atoms with Crippen LogP contribution in [0.15, 0.2) is 24.8 Å². The SMILES string of the molecule is Cn1cc(NC(=O)[C@@H]2CCCO[C@H]2c2nccn2C)cn1. The summed E-state index contributed by atoms with van der Waals surface area (Å²) in [5.74, 6) is 0.511. The fourth-order valence-electron chi connectivity index (χ4n) is 2.68. The van der Waals surface area contributed by atoms with Crippen molar-refractivity contribution in [2.45, 2.75) is 18.9 Å². The van der Waals surface area contributed by atoms with Gasteiger partial charge in [0.05, 0.1) is 17.8 Å². The van der Waals surface area contributed by atoms with Crippen molar-refractivity contribution >= 4 is 11.6 Å². The molecule has 1 saturated heterocycles. The van der Waals surface area contributed by atoms with Crippen molar-refractivity contribution in [3.05, 3.63) is 30.6 Å². The first-order valence-corrected chi connectivity index (χ1v) is 7.03. The Hall–Kier alpha value is -2.15. The lowest BCUT2D eigenvalue weighted by molar-refractivity contribution is -0.130. The fraction of sp³-hybridized carbons (Fsp3) is 0.500. The molecule has 3 rings (SSSR count). The van der Waals surface area contributed by atoms with Crippen molar-refractivity contribution in [2.24, 2.45) is 20.0 Å². The summed E-state index contributed by atoms with van der Waals surface area (Å²) in [6, 6.07) is 0. The second kappa shape index (κ2) is 5.69. The Morgan fingerprint density at radius 1 is 1.48 bits per heavy atom. The molecular weight excluding hydrogens is 270 g/mol. The zero-order valence-electron chi connectivity index (χ0n) is 12.2. The van der Waals surface area contributed by atoms with E-state index >= 15 is 0 Å². The standard InChI is InChI=1S/C14H19N5O2/c1-18-6-5-15-13(18)12-11(4-3-7-21-12)14(20)17-10-8-16-19(2)9-10/h5-6,8-9,11-12H,3-4,7H2,1-2H3,(H,17,20)/t11-,12-/m1/s1. The van der Waals surface area contributed by atoms with E-state index < -0.39 is 0 Å². The quantitative estimate of drug-likeness (QED) is 0.923. The number of rotatable bonds is 3. The molecule has 0 saturated carbocycles. The molecule has 0 unspecified atom stereocenters. The van der Waals surface area contributed by atoms with Crippen molar-refractivity contribution in [2.75, 3.05) is 11.9 Å². The number of nitrogens with zero attached hydrogens (tertiary/aromatic N) is 4. The van der Waals surface area contributed by atoms with E-state index in [0.717, 1.165) is 18.7 Å². The lowest BCUT2D eigenvalue weighted by Crippen LogP contribution is -2.34. The van der Waals surface area contributed by atoms with E-state index in [9.17, 15) is 4.79 Å². The Kier molecular flexibility index (Phi) is 3.74. The second-order valence-electron chi connectivity index (χ2n) is 5.33. The smallest absolute Gasteiger partial charge is 0.230 e. The van der Waals surface area contributed by atoms with Crippen LogP contribution < -0.4 is 5.32 Å². The number of ether oxygens (including phenoxy) is 1. The number of carbonyl (C=O) groups excluding carboxylic acids is 1. The van der Waals surface area contributed by atoms with Gasteiger partial charge in [0.1, 0.15) is 11.9 Å². The maximum absolute atomic E-state index is 12.5. The van der Waals surface area contributed by atoms with Gasteiger partial charge in [-0.2, -0.15) is 5.10 Å². The fourth-order valence-corrected chi connectivity index (χ4v) is 2.68. The van der Waals surface area contributed by atoms with Crippen molar-refractivity contribution in [3.63, 3.8) is 0 Å². The van der Waals surface area contributed by atoms with Crippen LogP contribution in [0.4, 0.5) is 5.69 Å². The molecule has 1 fully saturated rings. The number of aromatic nitrogens is 4. The van der Waals surface area contributed by atoms with E-state index in [2.05, 4.69) is 15.4 Å². The first-order chi connectivity index (χ1) is 10.1. The number of hydrogen-bond donors (Lipinski definition) is 1. The Morgan fingerprint density at radius 3 is 3.00 bits per heavy atom. The lowest BCUT2D eigenvalue weighted by Gasteiger charge is -2.30. The van der Waals surface area contributed by atoms with Crippen LogP contribution in [0.5, 0.6) is 0 Å². The van der Waals surface area contributed by atoms with Crippen molar-refractivity contribution in [1.82, 2.24) is 19.3 Å². The van der Waals surface area contributed by atoms with Crippen LogP contribution in [-0.4, -0.2) is 31.8 Å². The van der Waals surface area contributed by atoms with Crippen LogP contribution in [0.25, 0.3) is 0 Å². The number of anilines is 1. The molecule has 2 atom stereocenters. The largest absolute Gasteiger partial charge is 0.369 e. The lowest BCUT2D eigenvalue weighted by atomic mass is 9.92. The minimum Gasteiger partial charge on any atom is -0.369 e. The maximum Gasteiger partial charge on any atom is 0.230 e. The van der Waals surface area contributed by atoms with Crippen LogP contribution in [0.2, 0.25) is 0 Å². The molecule has 1 aliphatic rings. The average molecular weight is 289 g/mol. The highest BCUT2D eigenvalue weighted by Crippen LogP contribution is 2.33. The molecule has 0 aliphatic carbocycles. The van der Waals surface area contributed by atoms with E-state index in [1.165, 1.54) is 0 Å². The van der Waals surface area contributed by atoms with Crippen LogP contribution >= 0.6 is 0 Å². The maximum atomic E-state index is 12.5. The predicted octanol–water partition coefficient (Wildman–Crippen LogP) is 1.26. The normalized spacial score (nSPS) is 22.2. The van der Waals surface area contributed by atoms with Crippen LogP contribution in [0.3, 0.4) is 0 Å². The Labute approximate surface area is 122 Å². The van der Waals surface area contributed by atoms with Crippen molar-refractivity contribution in [3.8, 4) is 0 Å². The highest BCUT2D eigenvalue weighted by Gasteiger charge is 2.35. The minimum absolute atomic E-state index is 0.0456. The molecule has 112 valence electrons. The molecule has 7 heteroatoms. The van der Waals surface area contributed by atoms with Gasteiger partial charge < -0.3 is 14.6 Å². The number of amides is 1. The topological polar surface area (TPSA) is 74.0 Å². The molecule has 3 heterocycles. The van der Waals surface area contributed by atoms with Crippen LogP contribution in [0, 0.1) is 5.92 Å². The van der Waals surface area contributed by atoms with Gasteiger partial charge in [0.15, 0.2) is 0 Å². The number of hydrogen-bond acceptors (Lipinski definition) is 4. The average Bonchev–Trinajstić information content (AvgIpc) is 3.07. The number of nitrogens with one attached hydrogen (secondary N) is 1. The van der Waals surface area contributed by atoms with Gasteiger partial charge in [0.25, 0.3) is 0 Å². The second-order valence-corrected chi connectivity index (χ2v) is 5.33. The van der Waals surface area contributed by atoms with Gasteiger partial charge in [-0.05, 0) is 12.8 Å². The van der Waals surface area contributed by atoms with Crippen LogP contribution in [0.1, 0.15) is 24.8 Å². The van der Waals surface area contributed by atoms with E-state index in [1.54, 1.807) is 23.3 Å². The molecule has 2 aromatic rings. The number of carbonyl (C=O) groups is 1. The summed E-state index contributed by atoms with van der Waals surface area (Å²) in [7, 11) is 3.73. The molecule has 21 heavy (non-hydrogen) atoms. The summed E-state index contributed by atoms with van der Waals surface area (Å²) in [5, 5.41) is 6.96. The van der Waals surface area contributed by atoms with Gasteiger partial charge in [0.2, 0.25) is 5.91 Å². The molecule has 7 nitrogen and oxygen atoms in total. The van der Waals surface area contributed by atoms with Gasteiger partial charge >= 0.3 is 0 Å². The van der Waals surface area contributed by atoms with E-state index in [-0.39, 0.29) is 17.9 Å². The molecule has 2 aromatic heterocycles.